The summed E-state index contributed by atoms with van der Waals surface area (Å²) < 4.78 is 0. The number of nitrogens with one attached hydrogen (secondary N) is 1. The topological polar surface area (TPSA) is 49.3 Å². The Hall–Kier alpha value is -0.220. The molecule has 18 heavy (non-hydrogen) atoms. The minimum atomic E-state index is 0.271. The Morgan fingerprint density at radius 2 is 1.94 bits per heavy atom. The molecule has 102 valence electrons. The fourth-order valence-corrected chi connectivity index (χ4v) is 5.09. The molecule has 2 N–H and O–H groups in total. The second kappa shape index (κ2) is 5.41. The number of rotatable bonds is 7. The number of thioether (sulfide) groups is 1. The van der Waals surface area contributed by atoms with Crippen LogP contribution < -0.4 is 5.32 Å². The summed E-state index contributed by atoms with van der Waals surface area (Å²) in [6.07, 6.45) is 5.03. The van der Waals surface area contributed by atoms with Crippen LogP contribution in [0.4, 0.5) is 0 Å². The number of aliphatic hydroxyl groups is 1. The molecule has 0 aromatic carbocycles. The molecule has 4 unspecified atom stereocenters. The van der Waals surface area contributed by atoms with E-state index < -0.39 is 0 Å². The van der Waals surface area contributed by atoms with Crippen molar-refractivity contribution in [2.75, 3.05) is 24.7 Å². The van der Waals surface area contributed by atoms with E-state index in [0.717, 1.165) is 48.1 Å². The van der Waals surface area contributed by atoms with Crippen LogP contribution in [0.1, 0.15) is 25.7 Å². The largest absolute Gasteiger partial charge is 0.396 e. The molecule has 0 radical (unpaired) electrons. The molecule has 3 aliphatic carbocycles. The van der Waals surface area contributed by atoms with Crippen molar-refractivity contribution in [1.82, 2.24) is 5.32 Å². The van der Waals surface area contributed by atoms with Crippen molar-refractivity contribution in [2.24, 2.45) is 29.6 Å². The standard InChI is InChI=1S/C14H23NO2S/c16-5-1-6-18-7-4-15-14(17)13-11-9-2-3-10(8-9)12(11)13/h9-13,16H,1-8H2,(H,15,17). The Morgan fingerprint density at radius 1 is 1.22 bits per heavy atom. The average Bonchev–Trinajstić information content (AvgIpc) is 2.82. The minimum absolute atomic E-state index is 0.271. The van der Waals surface area contributed by atoms with Crippen LogP contribution in [0.3, 0.4) is 0 Å². The highest BCUT2D eigenvalue weighted by Gasteiger charge is 2.67. The van der Waals surface area contributed by atoms with Crippen LogP contribution in [0.2, 0.25) is 0 Å². The molecule has 0 heterocycles. The van der Waals surface area contributed by atoms with Gasteiger partial charge in [0.2, 0.25) is 5.91 Å². The third-order valence-electron chi connectivity index (χ3n) is 5.03. The van der Waals surface area contributed by atoms with E-state index in [1.54, 1.807) is 0 Å². The number of fused-ring (bicyclic) bond motifs is 5. The van der Waals surface area contributed by atoms with Gasteiger partial charge in [-0.1, -0.05) is 0 Å². The summed E-state index contributed by atoms with van der Waals surface area (Å²) in [7, 11) is 0. The molecule has 0 aromatic rings. The van der Waals surface area contributed by atoms with Crippen LogP contribution >= 0.6 is 11.8 Å². The van der Waals surface area contributed by atoms with Gasteiger partial charge in [-0.15, -0.1) is 0 Å². The quantitative estimate of drug-likeness (QED) is 0.689. The summed E-state index contributed by atoms with van der Waals surface area (Å²) >= 11 is 1.81. The van der Waals surface area contributed by atoms with Gasteiger partial charge < -0.3 is 10.4 Å². The average molecular weight is 269 g/mol. The third kappa shape index (κ3) is 2.29. The van der Waals surface area contributed by atoms with E-state index in [1.807, 2.05) is 11.8 Å². The molecule has 3 aliphatic rings. The van der Waals surface area contributed by atoms with Gasteiger partial charge >= 0.3 is 0 Å². The van der Waals surface area contributed by atoms with Crippen molar-refractivity contribution in [3.05, 3.63) is 0 Å². The van der Waals surface area contributed by atoms with Crippen LogP contribution in [0.25, 0.3) is 0 Å². The summed E-state index contributed by atoms with van der Waals surface area (Å²) in [5.41, 5.74) is 0. The van der Waals surface area contributed by atoms with Crippen LogP contribution in [0, 0.1) is 29.6 Å². The molecule has 0 aliphatic heterocycles. The molecule has 3 fully saturated rings. The zero-order valence-corrected chi connectivity index (χ0v) is 11.6. The van der Waals surface area contributed by atoms with E-state index in [1.165, 1.54) is 19.3 Å². The van der Waals surface area contributed by atoms with Crippen LogP contribution in [-0.4, -0.2) is 35.7 Å². The molecular weight excluding hydrogens is 246 g/mol. The Labute approximate surface area is 113 Å². The summed E-state index contributed by atoms with van der Waals surface area (Å²) in [5.74, 6) is 5.94. The first-order valence-electron chi connectivity index (χ1n) is 7.29. The summed E-state index contributed by atoms with van der Waals surface area (Å²) in [5, 5.41) is 11.8. The van der Waals surface area contributed by atoms with Gasteiger partial charge in [0.15, 0.2) is 0 Å². The highest BCUT2D eigenvalue weighted by Crippen LogP contribution is 2.69. The summed E-state index contributed by atoms with van der Waals surface area (Å²) in [6, 6.07) is 0. The Kier molecular flexibility index (Phi) is 3.85. The number of hydrogen-bond acceptors (Lipinski definition) is 3. The van der Waals surface area contributed by atoms with Crippen LogP contribution in [-0.2, 0) is 4.79 Å². The van der Waals surface area contributed by atoms with Crippen molar-refractivity contribution in [2.45, 2.75) is 25.7 Å². The normalized spacial score (nSPS) is 39.7. The van der Waals surface area contributed by atoms with Gasteiger partial charge in [-0.2, -0.15) is 11.8 Å². The lowest BCUT2D eigenvalue weighted by Crippen LogP contribution is -2.29. The minimum Gasteiger partial charge on any atom is -0.396 e. The van der Waals surface area contributed by atoms with E-state index in [4.69, 9.17) is 5.11 Å². The third-order valence-corrected chi connectivity index (χ3v) is 6.10. The van der Waals surface area contributed by atoms with Gasteiger partial charge in [-0.05, 0) is 55.1 Å². The first kappa shape index (κ1) is 12.8. The van der Waals surface area contributed by atoms with Crippen molar-refractivity contribution in [3.63, 3.8) is 0 Å². The lowest BCUT2D eigenvalue weighted by Gasteiger charge is -2.09. The van der Waals surface area contributed by atoms with Crippen molar-refractivity contribution in [3.8, 4) is 0 Å². The number of aliphatic hydroxyl groups excluding tert-OH is 1. The molecule has 4 atom stereocenters. The summed E-state index contributed by atoms with van der Waals surface area (Å²) in [6.45, 7) is 1.06. The lowest BCUT2D eigenvalue weighted by molar-refractivity contribution is -0.123. The number of carbonyl (C=O) groups is 1. The van der Waals surface area contributed by atoms with E-state index in [2.05, 4.69) is 5.32 Å². The van der Waals surface area contributed by atoms with Gasteiger partial charge in [0, 0.05) is 24.8 Å². The molecule has 4 heteroatoms. The maximum absolute atomic E-state index is 12.1. The van der Waals surface area contributed by atoms with E-state index in [9.17, 15) is 4.79 Å². The SMILES string of the molecule is O=C(NCCSCCCO)C1C2C3CCC(C3)C12. The molecule has 3 rings (SSSR count). The predicted molar refractivity (Wildman–Crippen MR) is 73.3 cm³/mol. The predicted octanol–water partition coefficient (Wildman–Crippen LogP) is 1.51. The molecule has 3 nitrogen and oxygen atoms in total. The van der Waals surface area contributed by atoms with Crippen LogP contribution in [0.15, 0.2) is 0 Å². The first-order valence-corrected chi connectivity index (χ1v) is 8.44. The monoisotopic (exact) mass is 269 g/mol. The lowest BCUT2D eigenvalue weighted by atomic mass is 10.0. The zero-order valence-electron chi connectivity index (χ0n) is 10.8. The maximum Gasteiger partial charge on any atom is 0.223 e. The highest BCUT2D eigenvalue weighted by atomic mass is 32.2. The molecular formula is C14H23NO2S. The Bertz CT molecular complexity index is 307. The van der Waals surface area contributed by atoms with Gasteiger partial charge in [0.25, 0.3) is 0 Å². The van der Waals surface area contributed by atoms with Crippen LogP contribution in [0.5, 0.6) is 0 Å². The molecule has 0 saturated heterocycles. The van der Waals surface area contributed by atoms with E-state index in [-0.39, 0.29) is 6.61 Å². The van der Waals surface area contributed by atoms with Gasteiger partial charge in [-0.25, -0.2) is 0 Å². The number of hydrogen-bond donors (Lipinski definition) is 2. The fraction of sp³-hybridized carbons (Fsp3) is 0.929. The Balaban J connectivity index is 1.32. The molecule has 2 bridgehead atoms. The molecule has 0 spiro atoms. The number of amides is 1. The van der Waals surface area contributed by atoms with Gasteiger partial charge in [0.1, 0.15) is 0 Å². The maximum atomic E-state index is 12.1. The highest BCUT2D eigenvalue weighted by molar-refractivity contribution is 7.99. The van der Waals surface area contributed by atoms with Crippen molar-refractivity contribution in [1.29, 1.82) is 0 Å². The summed E-state index contributed by atoms with van der Waals surface area (Å²) in [4.78, 5) is 12.1. The molecule has 1 amide bonds. The second-order valence-electron chi connectivity index (χ2n) is 5.99. The van der Waals surface area contributed by atoms with E-state index >= 15 is 0 Å². The zero-order chi connectivity index (χ0) is 12.5. The van der Waals surface area contributed by atoms with Crippen molar-refractivity contribution < 1.29 is 9.90 Å². The fourth-order valence-electron chi connectivity index (χ4n) is 4.31. The van der Waals surface area contributed by atoms with E-state index in [0.29, 0.717) is 11.8 Å². The Morgan fingerprint density at radius 3 is 2.61 bits per heavy atom. The smallest absolute Gasteiger partial charge is 0.223 e. The number of carbonyl (C=O) groups excluding carboxylic acids is 1. The molecule has 3 saturated carbocycles. The van der Waals surface area contributed by atoms with Gasteiger partial charge in [-0.3, -0.25) is 4.79 Å². The first-order chi connectivity index (χ1) is 8.83. The van der Waals surface area contributed by atoms with Gasteiger partial charge in [0.05, 0.1) is 0 Å². The second-order valence-corrected chi connectivity index (χ2v) is 7.22. The van der Waals surface area contributed by atoms with Crippen molar-refractivity contribution >= 4 is 17.7 Å². The molecule has 0 aromatic heterocycles.